The molecule has 0 radical (unpaired) electrons. The highest BCUT2D eigenvalue weighted by molar-refractivity contribution is 7.95. The number of allylic oxidation sites excluding steroid dienone is 3. The van der Waals surface area contributed by atoms with E-state index in [0.29, 0.717) is 29.9 Å². The van der Waals surface area contributed by atoms with Crippen LogP contribution in [0.1, 0.15) is 24.8 Å². The molecule has 29 heavy (non-hydrogen) atoms. The summed E-state index contributed by atoms with van der Waals surface area (Å²) in [5.41, 5.74) is 1.39. The first-order chi connectivity index (χ1) is 13.6. The average molecular weight is 421 g/mol. The van der Waals surface area contributed by atoms with E-state index in [9.17, 15) is 23.3 Å². The third-order valence-corrected chi connectivity index (χ3v) is 6.85. The van der Waals surface area contributed by atoms with Crippen LogP contribution in [0.4, 0.5) is 5.69 Å². The molecule has 0 saturated carbocycles. The fourth-order valence-corrected chi connectivity index (χ4v) is 5.42. The van der Waals surface area contributed by atoms with Gasteiger partial charge in [-0.25, -0.2) is 13.2 Å². The molecule has 0 spiro atoms. The Kier molecular flexibility index (Phi) is 5.76. The lowest BCUT2D eigenvalue weighted by Crippen LogP contribution is -2.31. The Hall–Kier alpha value is -2.72. The Morgan fingerprint density at radius 3 is 2.76 bits per heavy atom. The van der Waals surface area contributed by atoms with Crippen molar-refractivity contribution >= 4 is 21.5 Å². The zero-order valence-electron chi connectivity index (χ0n) is 16.5. The van der Waals surface area contributed by atoms with Gasteiger partial charge in [0.2, 0.25) is 0 Å². The second kappa shape index (κ2) is 7.96. The Bertz CT molecular complexity index is 1030. The number of non-ortho nitro benzene ring substituents is 1. The molecule has 1 N–H and O–H groups in total. The Labute approximate surface area is 169 Å². The largest absolute Gasteiger partial charge is 0.461 e. The smallest absolute Gasteiger partial charge is 0.336 e. The van der Waals surface area contributed by atoms with Crippen LogP contribution < -0.4 is 5.32 Å². The molecule has 1 aromatic rings. The Balaban J connectivity index is 2.08. The summed E-state index contributed by atoms with van der Waals surface area (Å²) in [7, 11) is 0.0795. The number of likely N-dealkylation sites (N-methyl/N-ethyl adjacent to an activating group) is 1. The van der Waals surface area contributed by atoms with Crippen molar-refractivity contribution < 1.29 is 22.9 Å². The molecule has 10 heteroatoms. The average Bonchev–Trinajstić information content (AvgIpc) is 2.94. The summed E-state index contributed by atoms with van der Waals surface area (Å²) in [6.45, 7) is 2.34. The van der Waals surface area contributed by atoms with E-state index in [4.69, 9.17) is 4.74 Å². The maximum absolute atomic E-state index is 12.9. The number of hydrogen-bond acceptors (Lipinski definition) is 8. The number of ether oxygens (including phenoxy) is 1. The maximum Gasteiger partial charge on any atom is 0.336 e. The third-order valence-electron chi connectivity index (χ3n) is 4.95. The highest BCUT2D eigenvalue weighted by atomic mass is 32.2. The van der Waals surface area contributed by atoms with Gasteiger partial charge in [0, 0.05) is 36.5 Å². The van der Waals surface area contributed by atoms with Gasteiger partial charge in [-0.1, -0.05) is 12.1 Å². The predicted molar refractivity (Wildman–Crippen MR) is 107 cm³/mol. The fraction of sp³-hybridized carbons (Fsp3) is 0.421. The minimum absolute atomic E-state index is 0.0632. The van der Waals surface area contributed by atoms with E-state index in [1.807, 2.05) is 19.0 Å². The standard InChI is InChI=1S/C19H23N3O6S/c1-12-16(19(23)28-9-8-21(2)3)17(13-5-4-6-14(11-13)22(24)25)18-15(20-12)7-10-29(18,26)27/h4-6,11,17,20H,7-10H2,1-3H3. The van der Waals surface area contributed by atoms with Gasteiger partial charge in [-0.2, -0.15) is 0 Å². The summed E-state index contributed by atoms with van der Waals surface area (Å²) in [6.07, 6.45) is 0.309. The van der Waals surface area contributed by atoms with Crippen molar-refractivity contribution in [2.45, 2.75) is 19.3 Å². The van der Waals surface area contributed by atoms with Crippen LogP contribution in [-0.4, -0.2) is 57.2 Å². The van der Waals surface area contributed by atoms with E-state index < -0.39 is 26.6 Å². The number of hydrogen-bond donors (Lipinski definition) is 1. The summed E-state index contributed by atoms with van der Waals surface area (Å²) in [4.78, 5) is 25.5. The fourth-order valence-electron chi connectivity index (χ4n) is 3.58. The van der Waals surface area contributed by atoms with Gasteiger partial charge in [0.25, 0.3) is 5.69 Å². The lowest BCUT2D eigenvalue weighted by molar-refractivity contribution is -0.384. The highest BCUT2D eigenvalue weighted by Crippen LogP contribution is 2.45. The lowest BCUT2D eigenvalue weighted by Gasteiger charge is -2.29. The molecule has 1 unspecified atom stereocenters. The van der Waals surface area contributed by atoms with Crippen LogP contribution in [-0.2, 0) is 19.4 Å². The second-order valence-electron chi connectivity index (χ2n) is 7.30. The molecule has 156 valence electrons. The highest BCUT2D eigenvalue weighted by Gasteiger charge is 2.44. The van der Waals surface area contributed by atoms with Crippen molar-refractivity contribution in [3.8, 4) is 0 Å². The molecule has 0 aliphatic carbocycles. The number of benzene rings is 1. The van der Waals surface area contributed by atoms with Crippen LogP contribution in [0.2, 0.25) is 0 Å². The van der Waals surface area contributed by atoms with Crippen molar-refractivity contribution in [2.75, 3.05) is 33.0 Å². The molecule has 1 aromatic carbocycles. The normalized spacial score (nSPS) is 20.5. The molecule has 0 bridgehead atoms. The van der Waals surface area contributed by atoms with E-state index in [0.717, 1.165) is 0 Å². The van der Waals surface area contributed by atoms with Crippen LogP contribution in [0.5, 0.6) is 0 Å². The third kappa shape index (κ3) is 4.18. The number of carbonyl (C=O) groups excluding carboxylic acids is 1. The molecular weight excluding hydrogens is 398 g/mol. The van der Waals surface area contributed by atoms with Gasteiger partial charge in [-0.3, -0.25) is 10.1 Å². The molecule has 0 fully saturated rings. The molecule has 3 rings (SSSR count). The van der Waals surface area contributed by atoms with Crippen LogP contribution >= 0.6 is 0 Å². The zero-order valence-corrected chi connectivity index (χ0v) is 17.3. The number of sulfone groups is 1. The first kappa shape index (κ1) is 21.0. The molecule has 2 heterocycles. The number of nitrogens with zero attached hydrogens (tertiary/aromatic N) is 2. The topological polar surface area (TPSA) is 119 Å². The number of dihydropyridines is 1. The number of nitrogens with one attached hydrogen (secondary N) is 1. The maximum atomic E-state index is 12.9. The molecule has 9 nitrogen and oxygen atoms in total. The quantitative estimate of drug-likeness (QED) is 0.419. The second-order valence-corrected chi connectivity index (χ2v) is 9.38. The van der Waals surface area contributed by atoms with E-state index in [2.05, 4.69) is 5.32 Å². The van der Waals surface area contributed by atoms with Crippen molar-refractivity contribution in [1.29, 1.82) is 0 Å². The molecule has 0 saturated heterocycles. The van der Waals surface area contributed by atoms with E-state index in [-0.39, 0.29) is 28.5 Å². The van der Waals surface area contributed by atoms with Crippen LogP contribution in [0.15, 0.2) is 46.1 Å². The van der Waals surface area contributed by atoms with E-state index >= 15 is 0 Å². The van der Waals surface area contributed by atoms with Gasteiger partial charge in [0.05, 0.1) is 27.1 Å². The Morgan fingerprint density at radius 1 is 1.38 bits per heavy atom. The van der Waals surface area contributed by atoms with Crippen LogP contribution in [0, 0.1) is 10.1 Å². The number of nitro benzene ring substituents is 1. The number of esters is 1. The van der Waals surface area contributed by atoms with Gasteiger partial charge in [-0.15, -0.1) is 0 Å². The molecule has 0 aromatic heterocycles. The molecule has 0 amide bonds. The lowest BCUT2D eigenvalue weighted by atomic mass is 9.86. The van der Waals surface area contributed by atoms with Crippen LogP contribution in [0.25, 0.3) is 0 Å². The summed E-state index contributed by atoms with van der Waals surface area (Å²) < 4.78 is 30.9. The van der Waals surface area contributed by atoms with Crippen molar-refractivity contribution in [1.82, 2.24) is 10.2 Å². The molecule has 2 aliphatic rings. The van der Waals surface area contributed by atoms with Gasteiger partial charge in [0.15, 0.2) is 9.84 Å². The minimum Gasteiger partial charge on any atom is -0.461 e. The summed E-state index contributed by atoms with van der Waals surface area (Å²) in [6, 6.07) is 5.73. The monoisotopic (exact) mass is 421 g/mol. The number of rotatable bonds is 6. The first-order valence-electron chi connectivity index (χ1n) is 9.11. The van der Waals surface area contributed by atoms with Gasteiger partial charge in [0.1, 0.15) is 6.61 Å². The zero-order chi connectivity index (χ0) is 21.3. The van der Waals surface area contributed by atoms with E-state index in [1.165, 1.54) is 18.2 Å². The SMILES string of the molecule is CC1=C(C(=O)OCCN(C)C)C(c2cccc([N+](=O)[O-])c2)C2=C(CCS2(=O)=O)N1. The molecule has 1 atom stereocenters. The van der Waals surface area contributed by atoms with Gasteiger partial charge >= 0.3 is 5.97 Å². The molecule has 2 aliphatic heterocycles. The van der Waals surface area contributed by atoms with Crippen molar-refractivity contribution in [2.24, 2.45) is 0 Å². The Morgan fingerprint density at radius 2 is 2.10 bits per heavy atom. The number of carbonyl (C=O) groups is 1. The van der Waals surface area contributed by atoms with E-state index in [1.54, 1.807) is 13.0 Å². The van der Waals surface area contributed by atoms with Crippen LogP contribution in [0.3, 0.4) is 0 Å². The number of nitro groups is 1. The van der Waals surface area contributed by atoms with Gasteiger partial charge in [-0.05, 0) is 26.6 Å². The predicted octanol–water partition coefficient (Wildman–Crippen LogP) is 1.69. The first-order valence-corrected chi connectivity index (χ1v) is 10.8. The van der Waals surface area contributed by atoms with Crippen molar-refractivity contribution in [3.05, 3.63) is 61.8 Å². The van der Waals surface area contributed by atoms with Crippen molar-refractivity contribution in [3.63, 3.8) is 0 Å². The summed E-state index contributed by atoms with van der Waals surface area (Å²) in [5.74, 6) is -1.64. The minimum atomic E-state index is -3.60. The molecular formula is C19H23N3O6S. The summed E-state index contributed by atoms with van der Waals surface area (Å²) >= 11 is 0. The van der Waals surface area contributed by atoms with Gasteiger partial charge < -0.3 is 15.0 Å². The summed E-state index contributed by atoms with van der Waals surface area (Å²) in [5, 5.41) is 14.3.